The van der Waals surface area contributed by atoms with Gasteiger partial charge in [0.05, 0.1) is 13.1 Å². The van der Waals surface area contributed by atoms with Crippen molar-refractivity contribution in [3.8, 4) is 5.75 Å². The second kappa shape index (κ2) is 11.5. The lowest BCUT2D eigenvalue weighted by Crippen LogP contribution is -2.75. The number of hydrogen-bond donors (Lipinski definition) is 2. The zero-order chi connectivity index (χ0) is 26.6. The van der Waals surface area contributed by atoms with E-state index in [0.717, 1.165) is 55.5 Å². The number of benzene rings is 2. The van der Waals surface area contributed by atoms with E-state index in [0.29, 0.717) is 26.1 Å². The number of fused-ring (bicyclic) bond motifs is 1. The van der Waals surface area contributed by atoms with E-state index in [2.05, 4.69) is 28.7 Å². The number of nitrogens with zero attached hydrogens (tertiary/aromatic N) is 4. The molecule has 3 fully saturated rings. The van der Waals surface area contributed by atoms with Crippen molar-refractivity contribution in [3.05, 3.63) is 78.0 Å². The summed E-state index contributed by atoms with van der Waals surface area (Å²) >= 11 is 0. The van der Waals surface area contributed by atoms with E-state index >= 15 is 0 Å². The molecule has 38 heavy (non-hydrogen) atoms. The van der Waals surface area contributed by atoms with Crippen LogP contribution in [0.1, 0.15) is 50.2 Å². The highest BCUT2D eigenvalue weighted by Gasteiger charge is 2.50. The van der Waals surface area contributed by atoms with Crippen LogP contribution in [0.15, 0.2) is 66.9 Å². The van der Waals surface area contributed by atoms with E-state index in [1.54, 1.807) is 12.1 Å². The molecule has 2 atom stereocenters. The van der Waals surface area contributed by atoms with Gasteiger partial charge >= 0.3 is 6.03 Å². The minimum Gasteiger partial charge on any atom is -0.508 e. The molecule has 2 saturated heterocycles. The molecule has 0 bridgehead atoms. The van der Waals surface area contributed by atoms with E-state index < -0.39 is 6.04 Å². The van der Waals surface area contributed by atoms with Gasteiger partial charge in [-0.05, 0) is 42.5 Å². The van der Waals surface area contributed by atoms with Crippen molar-refractivity contribution in [2.75, 3.05) is 19.6 Å². The van der Waals surface area contributed by atoms with Gasteiger partial charge in [0.1, 0.15) is 18.0 Å². The van der Waals surface area contributed by atoms with Crippen LogP contribution in [0.2, 0.25) is 0 Å². The lowest BCUT2D eigenvalue weighted by molar-refractivity contribution is -0.171. The number of nitrogens with one attached hydrogen (secondary N) is 1. The second-order valence-electron chi connectivity index (χ2n) is 10.6. The predicted molar refractivity (Wildman–Crippen MR) is 147 cm³/mol. The van der Waals surface area contributed by atoms with Gasteiger partial charge in [-0.25, -0.2) is 14.8 Å². The number of hydrazine groups is 1. The molecule has 2 aromatic carbocycles. The average Bonchev–Trinajstić information content (AvgIpc) is 3.45. The summed E-state index contributed by atoms with van der Waals surface area (Å²) in [6.45, 7) is 8.62. The maximum atomic E-state index is 14.0. The first-order valence-electron chi connectivity index (χ1n) is 13.9. The first kappa shape index (κ1) is 26.1. The predicted octanol–water partition coefficient (Wildman–Crippen LogP) is 4.08. The van der Waals surface area contributed by atoms with Crippen LogP contribution in [0, 0.1) is 0 Å². The lowest BCUT2D eigenvalue weighted by Gasteiger charge is -2.58. The van der Waals surface area contributed by atoms with Crippen molar-refractivity contribution in [2.45, 2.75) is 70.2 Å². The summed E-state index contributed by atoms with van der Waals surface area (Å²) in [5, 5.41) is 16.8. The molecule has 2 aromatic rings. The Bertz CT molecular complexity index is 1130. The molecule has 0 spiro atoms. The van der Waals surface area contributed by atoms with Gasteiger partial charge in [-0.3, -0.25) is 4.79 Å². The van der Waals surface area contributed by atoms with Crippen molar-refractivity contribution >= 4 is 11.9 Å². The van der Waals surface area contributed by atoms with Crippen molar-refractivity contribution < 1.29 is 14.7 Å². The van der Waals surface area contributed by atoms with Crippen LogP contribution in [-0.4, -0.2) is 74.7 Å². The van der Waals surface area contributed by atoms with Crippen molar-refractivity contribution in [1.82, 2.24) is 25.1 Å². The Kier molecular flexibility index (Phi) is 7.88. The van der Waals surface area contributed by atoms with Crippen molar-refractivity contribution in [3.63, 3.8) is 0 Å². The van der Waals surface area contributed by atoms with Gasteiger partial charge < -0.3 is 20.2 Å². The van der Waals surface area contributed by atoms with E-state index in [1.165, 1.54) is 0 Å². The fraction of sp³-hybridized carbons (Fsp3) is 0.467. The number of rotatable bonds is 7. The molecule has 5 rings (SSSR count). The molecule has 0 aromatic heterocycles. The van der Waals surface area contributed by atoms with Crippen LogP contribution >= 0.6 is 0 Å². The van der Waals surface area contributed by atoms with Crippen LogP contribution in [0.25, 0.3) is 0 Å². The summed E-state index contributed by atoms with van der Waals surface area (Å²) < 4.78 is 0. The first-order chi connectivity index (χ1) is 18.5. The Balaban J connectivity index is 1.47. The molecule has 2 N–H and O–H groups in total. The molecule has 0 unspecified atom stereocenters. The zero-order valence-corrected chi connectivity index (χ0v) is 22.3. The van der Waals surface area contributed by atoms with Crippen molar-refractivity contribution in [2.24, 2.45) is 0 Å². The number of urea groups is 1. The molecule has 202 valence electrons. The number of phenols is 1. The molecule has 1 saturated carbocycles. The lowest BCUT2D eigenvalue weighted by atomic mass is 9.96. The maximum absolute atomic E-state index is 14.0. The maximum Gasteiger partial charge on any atom is 0.334 e. The minimum absolute atomic E-state index is 0.107. The molecule has 2 heterocycles. The van der Waals surface area contributed by atoms with Gasteiger partial charge in [-0.1, -0.05) is 68.8 Å². The number of amides is 3. The highest BCUT2D eigenvalue weighted by Crippen LogP contribution is 2.35. The first-order valence-corrected chi connectivity index (χ1v) is 13.9. The van der Waals surface area contributed by atoms with E-state index in [4.69, 9.17) is 0 Å². The Morgan fingerprint density at radius 1 is 1.05 bits per heavy atom. The van der Waals surface area contributed by atoms with Crippen LogP contribution in [-0.2, 0) is 17.8 Å². The summed E-state index contributed by atoms with van der Waals surface area (Å²) in [6, 6.07) is 16.6. The topological polar surface area (TPSA) is 79.4 Å². The highest BCUT2D eigenvalue weighted by molar-refractivity contribution is 5.84. The van der Waals surface area contributed by atoms with Gasteiger partial charge in [0, 0.05) is 31.2 Å². The largest absolute Gasteiger partial charge is 0.508 e. The number of hydrogen-bond acceptors (Lipinski definition) is 5. The fourth-order valence-electron chi connectivity index (χ4n) is 6.20. The molecule has 3 aliphatic rings. The molecule has 0 radical (unpaired) electrons. The Labute approximate surface area is 225 Å². The van der Waals surface area contributed by atoms with E-state index in [-0.39, 0.29) is 29.9 Å². The van der Waals surface area contributed by atoms with Gasteiger partial charge in [0.2, 0.25) is 5.91 Å². The number of phenolic OH excluding ortho intramolecular Hbond substituents is 1. The van der Waals surface area contributed by atoms with Gasteiger partial charge in [-0.2, -0.15) is 0 Å². The average molecular weight is 518 g/mol. The number of carbonyl (C=O) groups is 2. The SMILES string of the molecule is C=C1CN(CCC)N(C(=O)NCc2ccccc2)[C@H]2CN(C3CCCC3)C(=O)[C@H](Cc3ccc(O)cc3)N12. The quantitative estimate of drug-likeness (QED) is 0.579. The summed E-state index contributed by atoms with van der Waals surface area (Å²) in [5.41, 5.74) is 2.87. The van der Waals surface area contributed by atoms with Gasteiger partial charge in [0.15, 0.2) is 0 Å². The normalized spacial score (nSPS) is 22.6. The summed E-state index contributed by atoms with van der Waals surface area (Å²) in [4.78, 5) is 32.0. The molecular formula is C30H39N5O3. The third-order valence-electron chi connectivity index (χ3n) is 8.01. The number of aromatic hydroxyl groups is 1. The molecule has 8 heteroatoms. The number of carbonyl (C=O) groups excluding carboxylic acids is 2. The van der Waals surface area contributed by atoms with Crippen molar-refractivity contribution in [1.29, 1.82) is 0 Å². The third-order valence-corrected chi connectivity index (χ3v) is 8.01. The molecule has 3 amide bonds. The summed E-state index contributed by atoms with van der Waals surface area (Å²) in [5.74, 6) is 0.309. The smallest absolute Gasteiger partial charge is 0.334 e. The molecule has 1 aliphatic carbocycles. The fourth-order valence-corrected chi connectivity index (χ4v) is 6.20. The zero-order valence-electron chi connectivity index (χ0n) is 22.3. The minimum atomic E-state index is -0.459. The van der Waals surface area contributed by atoms with Gasteiger partial charge in [0.25, 0.3) is 0 Å². The summed E-state index contributed by atoms with van der Waals surface area (Å²) in [7, 11) is 0. The van der Waals surface area contributed by atoms with Gasteiger partial charge in [-0.15, -0.1) is 0 Å². The third kappa shape index (κ3) is 5.36. The van der Waals surface area contributed by atoms with Crippen LogP contribution in [0.3, 0.4) is 0 Å². The molecule has 8 nitrogen and oxygen atoms in total. The highest BCUT2D eigenvalue weighted by atomic mass is 16.3. The standard InChI is InChI=1S/C30H39N5O3/c1-3-17-32-20-22(2)34-27(18-23-13-15-26(36)16-14-23)29(37)33(25-11-7-8-12-25)21-28(34)35(32)30(38)31-19-24-9-5-4-6-10-24/h4-6,9-10,13-16,25,27-28,36H,2-3,7-8,11-12,17-21H2,1H3,(H,31,38)/t27-,28-/m0/s1. The van der Waals surface area contributed by atoms with Crippen LogP contribution in [0.4, 0.5) is 4.79 Å². The molecule has 2 aliphatic heterocycles. The van der Waals surface area contributed by atoms with Crippen LogP contribution < -0.4 is 5.32 Å². The Morgan fingerprint density at radius 2 is 1.76 bits per heavy atom. The Morgan fingerprint density at radius 3 is 2.45 bits per heavy atom. The number of piperazine rings is 1. The van der Waals surface area contributed by atoms with Crippen LogP contribution in [0.5, 0.6) is 5.75 Å². The van der Waals surface area contributed by atoms with E-state index in [9.17, 15) is 14.7 Å². The Hall–Kier alpha value is -3.52. The second-order valence-corrected chi connectivity index (χ2v) is 10.6. The van der Waals surface area contributed by atoms with E-state index in [1.807, 2.05) is 52.4 Å². The molecular weight excluding hydrogens is 478 g/mol. The monoisotopic (exact) mass is 517 g/mol. The summed E-state index contributed by atoms with van der Waals surface area (Å²) in [6.07, 6.45) is 5.31.